The molecule has 0 N–H and O–H groups in total. The highest BCUT2D eigenvalue weighted by Crippen LogP contribution is 2.55. The van der Waals surface area contributed by atoms with E-state index in [2.05, 4.69) is 0 Å². The molecule has 0 saturated heterocycles. The molecule has 0 nitrogen and oxygen atoms in total. The molecule has 0 radical (unpaired) electrons. The van der Waals surface area contributed by atoms with Crippen molar-refractivity contribution in [1.29, 1.82) is 0 Å². The summed E-state index contributed by atoms with van der Waals surface area (Å²) in [6.45, 7) is 1.48. The van der Waals surface area contributed by atoms with Crippen molar-refractivity contribution in [3.05, 3.63) is 47.1 Å². The van der Waals surface area contributed by atoms with Crippen LogP contribution in [0.15, 0.2) is 47.1 Å². The lowest BCUT2D eigenvalue weighted by atomic mass is 9.80. The summed E-state index contributed by atoms with van der Waals surface area (Å²) in [5, 5.41) is 0. The zero-order chi connectivity index (χ0) is 17.7. The Morgan fingerprint density at radius 1 is 0.739 bits per heavy atom. The van der Waals surface area contributed by atoms with E-state index in [-0.39, 0.29) is 18.9 Å². The molecule has 2 aliphatic rings. The Bertz CT molecular complexity index is 619. The van der Waals surface area contributed by atoms with Gasteiger partial charge in [-0.05, 0) is 12.5 Å². The molecule has 2 rings (SSSR count). The van der Waals surface area contributed by atoms with Gasteiger partial charge in [-0.1, -0.05) is 37.6 Å². The van der Waals surface area contributed by atoms with Crippen LogP contribution in [0.25, 0.3) is 0 Å². The maximum absolute atomic E-state index is 14.1. The van der Waals surface area contributed by atoms with Gasteiger partial charge in [0.25, 0.3) is 0 Å². The van der Waals surface area contributed by atoms with E-state index in [1.165, 1.54) is 6.92 Å². The molecule has 0 heterocycles. The van der Waals surface area contributed by atoms with Crippen molar-refractivity contribution in [2.75, 3.05) is 0 Å². The number of hydrogen-bond donors (Lipinski definition) is 0. The van der Waals surface area contributed by atoms with Gasteiger partial charge in [-0.2, -0.15) is 35.1 Å². The first-order valence-corrected chi connectivity index (χ1v) is 6.73. The second kappa shape index (κ2) is 5.21. The van der Waals surface area contributed by atoms with E-state index in [9.17, 15) is 35.1 Å². The van der Waals surface area contributed by atoms with Crippen molar-refractivity contribution >= 4 is 0 Å². The van der Waals surface area contributed by atoms with Crippen molar-refractivity contribution in [1.82, 2.24) is 0 Å². The number of allylic oxidation sites excluding steroid dienone is 8. The SMILES string of the molecule is CCCC1=CC=C(C2=CC=CC(F)(F)C2(F)F)C(F)(F)C1(F)F. The van der Waals surface area contributed by atoms with Crippen molar-refractivity contribution in [2.45, 2.75) is 43.5 Å². The molecule has 0 atom stereocenters. The summed E-state index contributed by atoms with van der Waals surface area (Å²) in [7, 11) is 0. The second-order valence-corrected chi connectivity index (χ2v) is 5.31. The number of hydrogen-bond acceptors (Lipinski definition) is 0. The monoisotopic (exact) mass is 344 g/mol. The summed E-state index contributed by atoms with van der Waals surface area (Å²) in [5.74, 6) is -19.5. The quantitative estimate of drug-likeness (QED) is 0.577. The Hall–Kier alpha value is -1.60. The highest BCUT2D eigenvalue weighted by Gasteiger charge is 2.67. The fourth-order valence-electron chi connectivity index (χ4n) is 2.45. The third-order valence-corrected chi connectivity index (χ3v) is 3.72. The van der Waals surface area contributed by atoms with Crippen molar-refractivity contribution in [3.63, 3.8) is 0 Å². The van der Waals surface area contributed by atoms with E-state index in [4.69, 9.17) is 0 Å². The predicted molar refractivity (Wildman–Crippen MR) is 68.1 cm³/mol. The van der Waals surface area contributed by atoms with Gasteiger partial charge in [0.15, 0.2) is 0 Å². The molecular formula is C15H12F8. The van der Waals surface area contributed by atoms with Crippen LogP contribution >= 0.6 is 0 Å². The molecule has 0 bridgehead atoms. The van der Waals surface area contributed by atoms with Crippen molar-refractivity contribution in [2.24, 2.45) is 0 Å². The van der Waals surface area contributed by atoms with E-state index in [1.807, 2.05) is 0 Å². The lowest BCUT2D eigenvalue weighted by Gasteiger charge is -2.37. The largest absolute Gasteiger partial charge is 0.339 e. The Morgan fingerprint density at radius 3 is 1.87 bits per heavy atom. The third-order valence-electron chi connectivity index (χ3n) is 3.72. The normalized spacial score (nSPS) is 27.1. The lowest BCUT2D eigenvalue weighted by molar-refractivity contribution is -0.177. The van der Waals surface area contributed by atoms with Gasteiger partial charge in [-0.15, -0.1) is 0 Å². The average molecular weight is 344 g/mol. The standard InChI is InChI=1S/C15H12F8/c1-2-4-9-6-7-11(15(22,23)13(9,18)19)10-5-3-8-12(16,17)14(10,20)21/h3,5-8H,2,4H2,1H3. The highest BCUT2D eigenvalue weighted by atomic mass is 19.3. The maximum Gasteiger partial charge on any atom is 0.339 e. The van der Waals surface area contributed by atoms with E-state index < -0.39 is 40.4 Å². The van der Waals surface area contributed by atoms with Gasteiger partial charge in [0.2, 0.25) is 0 Å². The molecule has 0 aromatic carbocycles. The van der Waals surface area contributed by atoms with Crippen LogP contribution in [0, 0.1) is 0 Å². The zero-order valence-electron chi connectivity index (χ0n) is 11.8. The first kappa shape index (κ1) is 17.7. The Balaban J connectivity index is 2.60. The van der Waals surface area contributed by atoms with Gasteiger partial charge in [-0.3, -0.25) is 0 Å². The lowest BCUT2D eigenvalue weighted by Crippen LogP contribution is -2.50. The smallest absolute Gasteiger partial charge is 0.195 e. The Labute approximate surface area is 126 Å². The van der Waals surface area contributed by atoms with E-state index in [1.54, 1.807) is 0 Å². The fourth-order valence-corrected chi connectivity index (χ4v) is 2.45. The summed E-state index contributed by atoms with van der Waals surface area (Å²) in [4.78, 5) is 0. The average Bonchev–Trinajstić information content (AvgIpc) is 2.40. The number of rotatable bonds is 3. The van der Waals surface area contributed by atoms with Crippen LogP contribution in [0.4, 0.5) is 35.1 Å². The highest BCUT2D eigenvalue weighted by molar-refractivity contribution is 5.54. The van der Waals surface area contributed by atoms with Gasteiger partial charge < -0.3 is 0 Å². The van der Waals surface area contributed by atoms with Gasteiger partial charge in [0.05, 0.1) is 0 Å². The van der Waals surface area contributed by atoms with E-state index in [0.29, 0.717) is 24.3 Å². The third kappa shape index (κ3) is 2.42. The zero-order valence-corrected chi connectivity index (χ0v) is 11.8. The fraction of sp³-hybridized carbons (Fsp3) is 0.467. The molecule has 0 aromatic heterocycles. The van der Waals surface area contributed by atoms with E-state index in [0.717, 1.165) is 0 Å². The Morgan fingerprint density at radius 2 is 1.30 bits per heavy atom. The van der Waals surface area contributed by atoms with Crippen LogP contribution < -0.4 is 0 Å². The first-order chi connectivity index (χ1) is 10.4. The topological polar surface area (TPSA) is 0 Å². The number of halogens is 8. The second-order valence-electron chi connectivity index (χ2n) is 5.31. The molecule has 0 fully saturated rings. The molecule has 0 saturated carbocycles. The molecular weight excluding hydrogens is 332 g/mol. The molecule has 8 heteroatoms. The van der Waals surface area contributed by atoms with Gasteiger partial charge in [-0.25, -0.2) is 0 Å². The van der Waals surface area contributed by atoms with Crippen molar-refractivity contribution in [3.8, 4) is 0 Å². The van der Waals surface area contributed by atoms with Crippen LogP contribution in [0.5, 0.6) is 0 Å². The summed E-state index contributed by atoms with van der Waals surface area (Å²) in [6, 6.07) is 0. The molecule has 2 aliphatic carbocycles. The number of alkyl halides is 8. The molecule has 0 aromatic rings. The predicted octanol–water partition coefficient (Wildman–Crippen LogP) is 5.69. The van der Waals surface area contributed by atoms with Crippen LogP contribution in [0.1, 0.15) is 19.8 Å². The van der Waals surface area contributed by atoms with E-state index >= 15 is 0 Å². The molecule has 23 heavy (non-hydrogen) atoms. The van der Waals surface area contributed by atoms with Crippen molar-refractivity contribution < 1.29 is 35.1 Å². The molecule has 0 amide bonds. The molecule has 0 unspecified atom stereocenters. The van der Waals surface area contributed by atoms with Gasteiger partial charge in [0.1, 0.15) is 0 Å². The molecule has 0 spiro atoms. The Kier molecular flexibility index (Phi) is 4.02. The summed E-state index contributed by atoms with van der Waals surface area (Å²) >= 11 is 0. The maximum atomic E-state index is 14.1. The van der Waals surface area contributed by atoms with Crippen LogP contribution in [0.3, 0.4) is 0 Å². The minimum atomic E-state index is -5.01. The van der Waals surface area contributed by atoms with Gasteiger partial charge in [0, 0.05) is 16.7 Å². The first-order valence-electron chi connectivity index (χ1n) is 6.73. The minimum Gasteiger partial charge on any atom is -0.195 e. The summed E-state index contributed by atoms with van der Waals surface area (Å²) in [6.07, 6.45) is 1.35. The van der Waals surface area contributed by atoms with Crippen LogP contribution in [-0.2, 0) is 0 Å². The summed E-state index contributed by atoms with van der Waals surface area (Å²) in [5.41, 5.74) is -4.52. The molecule has 0 aliphatic heterocycles. The summed E-state index contributed by atoms with van der Waals surface area (Å²) < 4.78 is 110. The van der Waals surface area contributed by atoms with Crippen LogP contribution in [-0.4, -0.2) is 23.7 Å². The molecule has 128 valence electrons. The van der Waals surface area contributed by atoms with Crippen LogP contribution in [0.2, 0.25) is 0 Å². The van der Waals surface area contributed by atoms with Gasteiger partial charge >= 0.3 is 23.7 Å². The minimum absolute atomic E-state index is 0.139.